The van der Waals surface area contributed by atoms with Crippen molar-refractivity contribution in [3.8, 4) is 0 Å². The number of hydrogen-bond acceptors (Lipinski definition) is 0. The summed E-state index contributed by atoms with van der Waals surface area (Å²) in [4.78, 5) is 0. The Kier molecular flexibility index (Phi) is 3.41. The molecule has 0 aliphatic carbocycles. The lowest BCUT2D eigenvalue weighted by atomic mass is 10.1. The van der Waals surface area contributed by atoms with Crippen LogP contribution in [0.1, 0.15) is 11.1 Å². The van der Waals surface area contributed by atoms with Crippen LogP contribution in [0.5, 0.6) is 0 Å². The first-order valence-electron chi connectivity index (χ1n) is 4.38. The first kappa shape index (κ1) is 10.5. The predicted octanol–water partition coefficient (Wildman–Crippen LogP) is 4.05. The van der Waals surface area contributed by atoms with Crippen LogP contribution < -0.4 is 0 Å². The molecule has 1 aromatic rings. The fourth-order valence-corrected chi connectivity index (χ4v) is 1.05. The van der Waals surface area contributed by atoms with Crippen molar-refractivity contribution in [3.05, 3.63) is 66.5 Å². The minimum atomic E-state index is -0.460. The number of benzene rings is 1. The Morgan fingerprint density at radius 2 is 1.71 bits per heavy atom. The van der Waals surface area contributed by atoms with E-state index in [0.717, 1.165) is 11.1 Å². The van der Waals surface area contributed by atoms with Crippen LogP contribution >= 0.6 is 0 Å². The van der Waals surface area contributed by atoms with E-state index in [1.54, 1.807) is 6.08 Å². The molecule has 0 saturated heterocycles. The molecule has 0 amide bonds. The van der Waals surface area contributed by atoms with Crippen molar-refractivity contribution in [1.29, 1.82) is 0 Å². The van der Waals surface area contributed by atoms with E-state index in [4.69, 9.17) is 0 Å². The summed E-state index contributed by atoms with van der Waals surface area (Å²) in [6.07, 6.45) is 2.93. The van der Waals surface area contributed by atoms with E-state index in [1.165, 1.54) is 11.6 Å². The highest BCUT2D eigenvalue weighted by Crippen LogP contribution is 2.15. The molecule has 1 rings (SSSR count). The molecule has 0 bridgehead atoms. The molecule has 0 aliphatic rings. The van der Waals surface area contributed by atoms with Gasteiger partial charge in [-0.2, -0.15) is 0 Å². The van der Waals surface area contributed by atoms with Crippen LogP contribution in [-0.2, 0) is 0 Å². The number of allylic oxidation sites excluding steroid dienone is 4. The van der Waals surface area contributed by atoms with Crippen LogP contribution in [0.25, 0.3) is 5.57 Å². The van der Waals surface area contributed by atoms with Crippen molar-refractivity contribution in [3.63, 3.8) is 0 Å². The van der Waals surface area contributed by atoms with Crippen molar-refractivity contribution < 1.29 is 4.39 Å². The zero-order chi connectivity index (χ0) is 10.6. The van der Waals surface area contributed by atoms with Gasteiger partial charge >= 0.3 is 0 Å². The first-order valence-corrected chi connectivity index (χ1v) is 4.38. The van der Waals surface area contributed by atoms with Crippen molar-refractivity contribution in [1.82, 2.24) is 0 Å². The fraction of sp³-hybridized carbons (Fsp3) is 0.0769. The Bertz CT molecular complexity index is 369. The molecule has 14 heavy (non-hydrogen) atoms. The molecular formula is C13H13F. The summed E-state index contributed by atoms with van der Waals surface area (Å²) in [6.45, 7) is 8.99. The van der Waals surface area contributed by atoms with Crippen molar-refractivity contribution in [2.45, 2.75) is 6.92 Å². The predicted molar refractivity (Wildman–Crippen MR) is 59.6 cm³/mol. The van der Waals surface area contributed by atoms with E-state index >= 15 is 0 Å². The Hall–Kier alpha value is -1.63. The summed E-state index contributed by atoms with van der Waals surface area (Å²) in [5.41, 5.74) is 2.97. The molecule has 0 nitrogen and oxygen atoms in total. The SMILES string of the molecule is C=C(F)/C=C\C(=C)c1ccc(C)cc1. The second-order valence-electron chi connectivity index (χ2n) is 3.17. The maximum absolute atomic E-state index is 12.3. The average molecular weight is 188 g/mol. The van der Waals surface area contributed by atoms with Gasteiger partial charge in [-0.15, -0.1) is 0 Å². The van der Waals surface area contributed by atoms with Gasteiger partial charge < -0.3 is 0 Å². The highest BCUT2D eigenvalue weighted by atomic mass is 19.1. The summed E-state index contributed by atoms with van der Waals surface area (Å²) in [5, 5.41) is 0. The number of aryl methyl sites for hydroxylation is 1. The molecule has 0 unspecified atom stereocenters. The smallest absolute Gasteiger partial charge is 0.116 e. The summed E-state index contributed by atoms with van der Waals surface area (Å²) in [7, 11) is 0. The second kappa shape index (κ2) is 4.56. The summed E-state index contributed by atoms with van der Waals surface area (Å²) >= 11 is 0. The Morgan fingerprint density at radius 1 is 1.14 bits per heavy atom. The largest absolute Gasteiger partial charge is 0.208 e. The molecule has 1 heteroatoms. The zero-order valence-electron chi connectivity index (χ0n) is 8.26. The van der Waals surface area contributed by atoms with Crippen LogP contribution in [0.3, 0.4) is 0 Å². The molecule has 0 aliphatic heterocycles. The highest BCUT2D eigenvalue weighted by molar-refractivity contribution is 5.72. The third-order valence-electron chi connectivity index (χ3n) is 1.89. The van der Waals surface area contributed by atoms with E-state index in [9.17, 15) is 4.39 Å². The van der Waals surface area contributed by atoms with Crippen molar-refractivity contribution >= 4 is 5.57 Å². The van der Waals surface area contributed by atoms with E-state index < -0.39 is 5.83 Å². The molecule has 0 saturated carbocycles. The minimum Gasteiger partial charge on any atom is -0.208 e. The molecule has 0 aromatic heterocycles. The maximum Gasteiger partial charge on any atom is 0.116 e. The van der Waals surface area contributed by atoms with Crippen LogP contribution in [0.4, 0.5) is 4.39 Å². The van der Waals surface area contributed by atoms with E-state index in [-0.39, 0.29) is 0 Å². The maximum atomic E-state index is 12.3. The number of hydrogen-bond donors (Lipinski definition) is 0. The fourth-order valence-electron chi connectivity index (χ4n) is 1.05. The number of rotatable bonds is 3. The summed E-state index contributed by atoms with van der Waals surface area (Å²) in [6, 6.07) is 7.92. The quantitative estimate of drug-likeness (QED) is 0.628. The molecule has 0 heterocycles. The van der Waals surface area contributed by atoms with Gasteiger partial charge in [0, 0.05) is 0 Å². The van der Waals surface area contributed by atoms with Gasteiger partial charge in [-0.05, 0) is 24.1 Å². The van der Waals surface area contributed by atoms with Crippen molar-refractivity contribution in [2.75, 3.05) is 0 Å². The molecular weight excluding hydrogens is 175 g/mol. The van der Waals surface area contributed by atoms with Gasteiger partial charge in [-0.3, -0.25) is 0 Å². The Morgan fingerprint density at radius 3 is 2.21 bits per heavy atom. The van der Waals surface area contributed by atoms with Gasteiger partial charge in [0.05, 0.1) is 0 Å². The van der Waals surface area contributed by atoms with Gasteiger partial charge in [0.25, 0.3) is 0 Å². The van der Waals surface area contributed by atoms with Crippen LogP contribution in [0.15, 0.2) is 55.4 Å². The monoisotopic (exact) mass is 188 g/mol. The number of halogens is 1. The summed E-state index contributed by atoms with van der Waals surface area (Å²) in [5.74, 6) is -0.460. The highest BCUT2D eigenvalue weighted by Gasteiger charge is 1.93. The van der Waals surface area contributed by atoms with Gasteiger partial charge in [0.15, 0.2) is 0 Å². The Balaban J connectivity index is 2.80. The third-order valence-corrected chi connectivity index (χ3v) is 1.89. The normalized spacial score (nSPS) is 10.4. The average Bonchev–Trinajstić information content (AvgIpc) is 2.15. The molecule has 1 aromatic carbocycles. The lowest BCUT2D eigenvalue weighted by molar-refractivity contribution is 0.671. The van der Waals surface area contributed by atoms with E-state index in [2.05, 4.69) is 13.2 Å². The van der Waals surface area contributed by atoms with Crippen LogP contribution in [0.2, 0.25) is 0 Å². The molecule has 0 radical (unpaired) electrons. The lowest BCUT2D eigenvalue weighted by Crippen LogP contribution is -1.79. The Labute approximate surface area is 84.1 Å². The molecule has 0 spiro atoms. The van der Waals surface area contributed by atoms with E-state index in [0.29, 0.717) is 0 Å². The minimum absolute atomic E-state index is 0.460. The molecule has 0 N–H and O–H groups in total. The van der Waals surface area contributed by atoms with Gasteiger partial charge in [0.2, 0.25) is 0 Å². The lowest BCUT2D eigenvalue weighted by Gasteiger charge is -2.00. The third kappa shape index (κ3) is 3.02. The van der Waals surface area contributed by atoms with Gasteiger partial charge in [-0.25, -0.2) is 4.39 Å². The summed E-state index contributed by atoms with van der Waals surface area (Å²) < 4.78 is 12.3. The van der Waals surface area contributed by atoms with E-state index in [1.807, 2.05) is 31.2 Å². The van der Waals surface area contributed by atoms with Crippen LogP contribution in [0, 0.1) is 6.92 Å². The van der Waals surface area contributed by atoms with Gasteiger partial charge in [-0.1, -0.05) is 49.1 Å². The van der Waals surface area contributed by atoms with Gasteiger partial charge in [0.1, 0.15) is 5.83 Å². The second-order valence-corrected chi connectivity index (χ2v) is 3.17. The molecule has 72 valence electrons. The standard InChI is InChI=1S/C13H13F/c1-10-4-8-13(9-5-10)11(2)6-7-12(3)14/h4-9H,2-3H2,1H3/b7-6-. The topological polar surface area (TPSA) is 0 Å². The zero-order valence-corrected chi connectivity index (χ0v) is 8.26. The van der Waals surface area contributed by atoms with Crippen molar-refractivity contribution in [2.24, 2.45) is 0 Å². The first-order chi connectivity index (χ1) is 6.59. The molecule has 0 atom stereocenters. The van der Waals surface area contributed by atoms with Crippen LogP contribution in [-0.4, -0.2) is 0 Å². The molecule has 0 fully saturated rings.